The Balaban J connectivity index is 2.35. The van der Waals surface area contributed by atoms with Crippen molar-refractivity contribution in [2.45, 2.75) is 32.7 Å². The second kappa shape index (κ2) is 6.67. The number of nitrogens with one attached hydrogen (secondary N) is 1. The van der Waals surface area contributed by atoms with E-state index >= 15 is 0 Å². The normalized spacial score (nSPS) is 15.7. The van der Waals surface area contributed by atoms with E-state index in [1.807, 2.05) is 6.92 Å². The highest BCUT2D eigenvalue weighted by atomic mass is 16.6. The van der Waals surface area contributed by atoms with Crippen LogP contribution >= 0.6 is 0 Å². The Morgan fingerprint density at radius 3 is 2.67 bits per heavy atom. The number of amides is 1. The minimum atomic E-state index is -0.476. The quantitative estimate of drug-likeness (QED) is 0.681. The zero-order valence-corrected chi connectivity index (χ0v) is 12.5. The molecular formula is C15H21N3O3. The minimum absolute atomic E-state index is 0.104. The van der Waals surface area contributed by atoms with Crippen molar-refractivity contribution in [2.24, 2.45) is 0 Å². The molecule has 1 N–H and O–H groups in total. The Hall–Kier alpha value is -1.95. The molecular weight excluding hydrogens is 270 g/mol. The third-order valence-electron chi connectivity index (χ3n) is 4.01. The number of nitro groups is 1. The Morgan fingerprint density at radius 2 is 2.10 bits per heavy atom. The molecule has 1 saturated heterocycles. The molecule has 1 aliphatic rings. The zero-order valence-electron chi connectivity index (χ0n) is 12.5. The van der Waals surface area contributed by atoms with Gasteiger partial charge in [-0.1, -0.05) is 12.1 Å². The smallest absolute Gasteiger partial charge is 0.282 e. The Morgan fingerprint density at radius 1 is 1.43 bits per heavy atom. The molecule has 0 aromatic heterocycles. The van der Waals surface area contributed by atoms with E-state index in [4.69, 9.17) is 0 Å². The summed E-state index contributed by atoms with van der Waals surface area (Å²) in [6, 6.07) is 4.92. The molecule has 0 bridgehead atoms. The SMILES string of the molecule is CCN(C(=O)c1c(C)cccc1[N+](=O)[O-])C1CCNCC1. The largest absolute Gasteiger partial charge is 0.336 e. The molecule has 1 aliphatic heterocycles. The molecule has 21 heavy (non-hydrogen) atoms. The first-order valence-electron chi connectivity index (χ1n) is 7.32. The van der Waals surface area contributed by atoms with Gasteiger partial charge in [-0.2, -0.15) is 0 Å². The van der Waals surface area contributed by atoms with Gasteiger partial charge in [0.25, 0.3) is 11.6 Å². The van der Waals surface area contributed by atoms with Gasteiger partial charge >= 0.3 is 0 Å². The first-order valence-corrected chi connectivity index (χ1v) is 7.32. The Labute approximate surface area is 124 Å². The summed E-state index contributed by atoms with van der Waals surface area (Å²) in [5, 5.41) is 14.5. The molecule has 0 atom stereocenters. The number of nitrogens with zero attached hydrogens (tertiary/aromatic N) is 2. The number of carbonyl (C=O) groups excluding carboxylic acids is 1. The summed E-state index contributed by atoms with van der Waals surface area (Å²) in [6.07, 6.45) is 1.78. The summed E-state index contributed by atoms with van der Waals surface area (Å²) in [6.45, 7) is 5.99. The van der Waals surface area contributed by atoms with Crippen LogP contribution in [0.3, 0.4) is 0 Å². The summed E-state index contributed by atoms with van der Waals surface area (Å²) in [5.41, 5.74) is 0.775. The van der Waals surface area contributed by atoms with Crippen LogP contribution in [0, 0.1) is 17.0 Å². The molecule has 1 heterocycles. The van der Waals surface area contributed by atoms with Crippen molar-refractivity contribution in [2.75, 3.05) is 19.6 Å². The maximum Gasteiger partial charge on any atom is 0.282 e. The van der Waals surface area contributed by atoms with E-state index < -0.39 is 4.92 Å². The maximum absolute atomic E-state index is 12.8. The first-order chi connectivity index (χ1) is 10.1. The van der Waals surface area contributed by atoms with Gasteiger partial charge in [-0.15, -0.1) is 0 Å². The highest BCUT2D eigenvalue weighted by Crippen LogP contribution is 2.25. The van der Waals surface area contributed by atoms with Gasteiger partial charge in [0.05, 0.1) is 4.92 Å². The van der Waals surface area contributed by atoms with E-state index in [1.165, 1.54) is 6.07 Å². The molecule has 1 amide bonds. The lowest BCUT2D eigenvalue weighted by Crippen LogP contribution is -2.46. The van der Waals surface area contributed by atoms with Gasteiger partial charge in [0.2, 0.25) is 0 Å². The maximum atomic E-state index is 12.8. The molecule has 114 valence electrons. The van der Waals surface area contributed by atoms with Crippen LogP contribution in [0.4, 0.5) is 5.69 Å². The Bertz CT molecular complexity index is 539. The molecule has 0 saturated carbocycles. The number of aryl methyl sites for hydroxylation is 1. The van der Waals surface area contributed by atoms with Crippen molar-refractivity contribution in [3.8, 4) is 0 Å². The molecule has 1 aromatic rings. The van der Waals surface area contributed by atoms with E-state index in [-0.39, 0.29) is 23.2 Å². The summed E-state index contributed by atoms with van der Waals surface area (Å²) in [4.78, 5) is 25.3. The number of carbonyl (C=O) groups is 1. The molecule has 0 aliphatic carbocycles. The second-order valence-electron chi connectivity index (χ2n) is 5.30. The van der Waals surface area contributed by atoms with Crippen molar-refractivity contribution in [3.63, 3.8) is 0 Å². The molecule has 0 spiro atoms. The number of piperidine rings is 1. The van der Waals surface area contributed by atoms with Gasteiger partial charge in [0, 0.05) is 18.7 Å². The fourth-order valence-electron chi connectivity index (χ4n) is 2.91. The molecule has 6 heteroatoms. The van der Waals surface area contributed by atoms with Gasteiger partial charge in [-0.05, 0) is 45.3 Å². The predicted octanol–water partition coefficient (Wildman–Crippen LogP) is 2.12. The summed E-state index contributed by atoms with van der Waals surface area (Å²) in [7, 11) is 0. The van der Waals surface area contributed by atoms with E-state index in [9.17, 15) is 14.9 Å². The van der Waals surface area contributed by atoms with Crippen molar-refractivity contribution in [1.29, 1.82) is 0 Å². The summed E-state index contributed by atoms with van der Waals surface area (Å²) < 4.78 is 0. The highest BCUT2D eigenvalue weighted by Gasteiger charge is 2.30. The van der Waals surface area contributed by atoms with Crippen molar-refractivity contribution in [1.82, 2.24) is 10.2 Å². The molecule has 0 radical (unpaired) electrons. The predicted molar refractivity (Wildman–Crippen MR) is 80.4 cm³/mol. The van der Waals surface area contributed by atoms with Crippen LogP contribution in [0.5, 0.6) is 0 Å². The van der Waals surface area contributed by atoms with E-state index in [1.54, 1.807) is 24.0 Å². The van der Waals surface area contributed by atoms with Gasteiger partial charge < -0.3 is 10.2 Å². The van der Waals surface area contributed by atoms with Gasteiger partial charge in [-0.3, -0.25) is 14.9 Å². The number of benzene rings is 1. The number of nitro benzene ring substituents is 1. The second-order valence-corrected chi connectivity index (χ2v) is 5.30. The van der Waals surface area contributed by atoms with Crippen LogP contribution in [0.25, 0.3) is 0 Å². The van der Waals surface area contributed by atoms with Gasteiger partial charge in [-0.25, -0.2) is 0 Å². The average molecular weight is 291 g/mol. The van der Waals surface area contributed by atoms with Crippen LogP contribution in [0.1, 0.15) is 35.7 Å². The molecule has 0 unspecified atom stereocenters. The van der Waals surface area contributed by atoms with Crippen LogP contribution in [-0.4, -0.2) is 41.4 Å². The van der Waals surface area contributed by atoms with Crippen LogP contribution in [0.15, 0.2) is 18.2 Å². The molecule has 6 nitrogen and oxygen atoms in total. The molecule has 1 aromatic carbocycles. The third-order valence-corrected chi connectivity index (χ3v) is 4.01. The van der Waals surface area contributed by atoms with Crippen LogP contribution in [-0.2, 0) is 0 Å². The fraction of sp³-hybridized carbons (Fsp3) is 0.533. The Kier molecular flexibility index (Phi) is 4.90. The van der Waals surface area contributed by atoms with Gasteiger partial charge in [0.1, 0.15) is 5.56 Å². The van der Waals surface area contributed by atoms with Crippen LogP contribution < -0.4 is 5.32 Å². The van der Waals surface area contributed by atoms with Crippen molar-refractivity contribution >= 4 is 11.6 Å². The first kappa shape index (κ1) is 15.4. The molecule has 1 fully saturated rings. The van der Waals surface area contributed by atoms with Gasteiger partial charge in [0.15, 0.2) is 0 Å². The number of rotatable bonds is 4. The fourth-order valence-corrected chi connectivity index (χ4v) is 2.91. The molecule has 2 rings (SSSR count). The summed E-state index contributed by atoms with van der Waals surface area (Å²) in [5.74, 6) is -0.228. The van der Waals surface area contributed by atoms with Crippen LogP contribution in [0.2, 0.25) is 0 Å². The highest BCUT2D eigenvalue weighted by molar-refractivity contribution is 5.99. The monoisotopic (exact) mass is 291 g/mol. The van der Waals surface area contributed by atoms with E-state index in [0.717, 1.165) is 25.9 Å². The summed E-state index contributed by atoms with van der Waals surface area (Å²) >= 11 is 0. The minimum Gasteiger partial charge on any atom is -0.336 e. The zero-order chi connectivity index (χ0) is 15.4. The average Bonchev–Trinajstić information content (AvgIpc) is 2.48. The lowest BCUT2D eigenvalue weighted by atomic mass is 10.0. The topological polar surface area (TPSA) is 75.5 Å². The van der Waals surface area contributed by atoms with Crippen molar-refractivity contribution < 1.29 is 9.72 Å². The third kappa shape index (κ3) is 3.21. The lowest BCUT2D eigenvalue weighted by molar-refractivity contribution is -0.385. The number of hydrogen-bond donors (Lipinski definition) is 1. The van der Waals surface area contributed by atoms with E-state index in [2.05, 4.69) is 5.32 Å². The standard InChI is InChI=1S/C15H21N3O3/c1-3-17(12-7-9-16-10-8-12)15(19)14-11(2)5-4-6-13(14)18(20)21/h4-6,12,16H,3,7-10H2,1-2H3. The van der Waals surface area contributed by atoms with E-state index in [0.29, 0.717) is 12.1 Å². The van der Waals surface area contributed by atoms with Crippen molar-refractivity contribution in [3.05, 3.63) is 39.4 Å². The lowest BCUT2D eigenvalue weighted by Gasteiger charge is -2.34. The number of hydrogen-bond acceptors (Lipinski definition) is 4.